The van der Waals surface area contributed by atoms with E-state index >= 15 is 0 Å². The molecule has 0 aliphatic heterocycles. The van der Waals surface area contributed by atoms with E-state index in [4.69, 9.17) is 4.74 Å². The van der Waals surface area contributed by atoms with E-state index in [1.165, 1.54) is 11.3 Å². The largest absolute Gasteiger partial charge is 0.506 e. The minimum atomic E-state index is -0.377. The lowest BCUT2D eigenvalue weighted by Crippen LogP contribution is -2.08. The summed E-state index contributed by atoms with van der Waals surface area (Å²) in [5, 5.41) is 12.1. The Bertz CT molecular complexity index is 1160. The van der Waals surface area contributed by atoms with E-state index < -0.39 is 0 Å². The SMILES string of the molecule is CCOC(=O)c1c(C)n(Cc2ccccc2)c2c1cc(O)c1sc(C)nc12. The molecule has 0 saturated heterocycles. The van der Waals surface area contributed by atoms with E-state index in [1.54, 1.807) is 13.0 Å². The molecule has 0 aliphatic carbocycles. The molecule has 4 rings (SSSR count). The van der Waals surface area contributed by atoms with Crippen molar-refractivity contribution in [2.24, 2.45) is 0 Å². The molecule has 0 saturated carbocycles. The number of thiazole rings is 1. The second-order valence-electron chi connectivity index (χ2n) is 6.46. The Hall–Kier alpha value is -2.86. The van der Waals surface area contributed by atoms with E-state index in [2.05, 4.69) is 21.7 Å². The highest BCUT2D eigenvalue weighted by Crippen LogP contribution is 2.40. The van der Waals surface area contributed by atoms with Crippen LogP contribution in [0, 0.1) is 13.8 Å². The number of benzene rings is 2. The molecule has 6 heteroatoms. The number of ether oxygens (including phenoxy) is 1. The van der Waals surface area contributed by atoms with Crippen LogP contribution in [0.1, 0.15) is 33.5 Å². The summed E-state index contributed by atoms with van der Waals surface area (Å²) < 4.78 is 8.12. The predicted molar refractivity (Wildman–Crippen MR) is 108 cm³/mol. The van der Waals surface area contributed by atoms with E-state index in [1.807, 2.05) is 32.0 Å². The van der Waals surface area contributed by atoms with Gasteiger partial charge in [-0.05, 0) is 32.4 Å². The van der Waals surface area contributed by atoms with Crippen molar-refractivity contribution in [3.8, 4) is 5.75 Å². The summed E-state index contributed by atoms with van der Waals surface area (Å²) in [4.78, 5) is 17.3. The molecule has 2 heterocycles. The Morgan fingerprint density at radius 3 is 2.70 bits per heavy atom. The molecule has 0 amide bonds. The molecule has 2 aromatic heterocycles. The number of carbonyl (C=O) groups excluding carboxylic acids is 1. The molecule has 0 bridgehead atoms. The molecule has 1 N–H and O–H groups in total. The summed E-state index contributed by atoms with van der Waals surface area (Å²) in [7, 11) is 0. The monoisotopic (exact) mass is 380 g/mol. The van der Waals surface area contributed by atoms with Gasteiger partial charge in [-0.15, -0.1) is 11.3 Å². The topological polar surface area (TPSA) is 64.3 Å². The fourth-order valence-corrected chi connectivity index (χ4v) is 4.38. The maximum absolute atomic E-state index is 12.7. The zero-order chi connectivity index (χ0) is 19.1. The first-order valence-electron chi connectivity index (χ1n) is 8.84. The smallest absolute Gasteiger partial charge is 0.340 e. The van der Waals surface area contributed by atoms with Gasteiger partial charge in [0.25, 0.3) is 0 Å². The molecule has 4 aromatic rings. The summed E-state index contributed by atoms with van der Waals surface area (Å²) in [5.74, 6) is -0.233. The van der Waals surface area contributed by atoms with Gasteiger partial charge in [0.05, 0.1) is 27.4 Å². The Morgan fingerprint density at radius 2 is 2.00 bits per heavy atom. The molecule has 0 radical (unpaired) electrons. The van der Waals surface area contributed by atoms with Crippen molar-refractivity contribution in [3.05, 3.63) is 58.2 Å². The number of carbonyl (C=O) groups is 1. The van der Waals surface area contributed by atoms with Crippen molar-refractivity contribution in [3.63, 3.8) is 0 Å². The second kappa shape index (κ2) is 6.70. The van der Waals surface area contributed by atoms with Gasteiger partial charge in [-0.3, -0.25) is 0 Å². The van der Waals surface area contributed by atoms with Crippen LogP contribution in [0.2, 0.25) is 0 Å². The summed E-state index contributed by atoms with van der Waals surface area (Å²) >= 11 is 1.45. The normalized spacial score (nSPS) is 11.4. The molecular formula is C21H20N2O3S. The van der Waals surface area contributed by atoms with Crippen molar-refractivity contribution >= 4 is 38.4 Å². The summed E-state index contributed by atoms with van der Waals surface area (Å²) in [6, 6.07) is 11.7. The van der Waals surface area contributed by atoms with Gasteiger partial charge >= 0.3 is 5.97 Å². The standard InChI is InChI=1S/C21H20N2O3S/c1-4-26-21(25)17-12(2)23(11-14-8-6-5-7-9-14)19-15(17)10-16(24)20-18(19)22-13(3)27-20/h5-10,24H,4,11H2,1-3H3. The predicted octanol–water partition coefficient (Wildman–Crippen LogP) is 4.80. The minimum Gasteiger partial charge on any atom is -0.506 e. The number of esters is 1. The highest BCUT2D eigenvalue weighted by atomic mass is 32.1. The Kier molecular flexibility index (Phi) is 4.36. The third-order valence-corrected chi connectivity index (χ3v) is 5.69. The third-order valence-electron chi connectivity index (χ3n) is 4.70. The Balaban J connectivity index is 2.07. The van der Waals surface area contributed by atoms with Crippen LogP contribution in [0.3, 0.4) is 0 Å². The summed E-state index contributed by atoms with van der Waals surface area (Å²) in [5.41, 5.74) is 4.01. The van der Waals surface area contributed by atoms with Crippen molar-refractivity contribution in [2.45, 2.75) is 27.3 Å². The van der Waals surface area contributed by atoms with Crippen molar-refractivity contribution < 1.29 is 14.6 Å². The van der Waals surface area contributed by atoms with Crippen LogP contribution in [0.15, 0.2) is 36.4 Å². The molecule has 0 fully saturated rings. The first-order valence-corrected chi connectivity index (χ1v) is 9.65. The number of rotatable bonds is 4. The van der Waals surface area contributed by atoms with Gasteiger partial charge in [-0.25, -0.2) is 9.78 Å². The van der Waals surface area contributed by atoms with Gasteiger partial charge < -0.3 is 14.4 Å². The lowest BCUT2D eigenvalue weighted by molar-refractivity contribution is 0.0527. The Morgan fingerprint density at radius 1 is 1.26 bits per heavy atom. The quantitative estimate of drug-likeness (QED) is 0.517. The number of hydrogen-bond donors (Lipinski definition) is 1. The van der Waals surface area contributed by atoms with Gasteiger partial charge in [0.1, 0.15) is 11.3 Å². The van der Waals surface area contributed by atoms with Gasteiger partial charge in [0.15, 0.2) is 0 Å². The van der Waals surface area contributed by atoms with Crippen molar-refractivity contribution in [1.29, 1.82) is 0 Å². The number of phenolic OH excluding ortho intramolecular Hbond substituents is 1. The van der Waals surface area contributed by atoms with E-state index in [0.717, 1.165) is 32.0 Å². The Labute approximate surface area is 160 Å². The molecule has 0 spiro atoms. The number of nitrogens with zero attached hydrogens (tertiary/aromatic N) is 2. The van der Waals surface area contributed by atoms with Crippen LogP contribution < -0.4 is 0 Å². The van der Waals surface area contributed by atoms with Crippen LogP contribution >= 0.6 is 11.3 Å². The number of fused-ring (bicyclic) bond motifs is 3. The first kappa shape index (κ1) is 17.5. The number of aromatic hydroxyl groups is 1. The van der Waals surface area contributed by atoms with Crippen LogP contribution in [0.25, 0.3) is 21.1 Å². The number of aryl methyl sites for hydroxylation is 1. The average molecular weight is 380 g/mol. The van der Waals surface area contributed by atoms with Gasteiger partial charge in [0, 0.05) is 17.6 Å². The maximum atomic E-state index is 12.7. The fourth-order valence-electron chi connectivity index (χ4n) is 3.55. The number of phenols is 1. The fraction of sp³-hybridized carbons (Fsp3) is 0.238. The molecule has 2 aromatic carbocycles. The molecular weight excluding hydrogens is 360 g/mol. The molecule has 138 valence electrons. The lowest BCUT2D eigenvalue weighted by Gasteiger charge is -2.09. The van der Waals surface area contributed by atoms with Gasteiger partial charge in [0.2, 0.25) is 0 Å². The van der Waals surface area contributed by atoms with Crippen LogP contribution in [-0.2, 0) is 11.3 Å². The lowest BCUT2D eigenvalue weighted by atomic mass is 10.1. The summed E-state index contributed by atoms with van der Waals surface area (Å²) in [6.45, 7) is 6.53. The number of hydrogen-bond acceptors (Lipinski definition) is 5. The molecule has 27 heavy (non-hydrogen) atoms. The summed E-state index contributed by atoms with van der Waals surface area (Å²) in [6.07, 6.45) is 0. The average Bonchev–Trinajstić information content (AvgIpc) is 3.15. The van der Waals surface area contributed by atoms with Crippen molar-refractivity contribution in [2.75, 3.05) is 6.61 Å². The van der Waals surface area contributed by atoms with Crippen LogP contribution in [0.5, 0.6) is 5.75 Å². The molecule has 0 atom stereocenters. The highest BCUT2D eigenvalue weighted by Gasteiger charge is 2.25. The van der Waals surface area contributed by atoms with Crippen LogP contribution in [0.4, 0.5) is 0 Å². The molecule has 0 aliphatic rings. The zero-order valence-electron chi connectivity index (χ0n) is 15.4. The van der Waals surface area contributed by atoms with Crippen LogP contribution in [-0.4, -0.2) is 27.2 Å². The van der Waals surface area contributed by atoms with E-state index in [9.17, 15) is 9.90 Å². The van der Waals surface area contributed by atoms with Gasteiger partial charge in [-0.2, -0.15) is 0 Å². The molecule has 0 unspecified atom stereocenters. The zero-order valence-corrected chi connectivity index (χ0v) is 16.3. The maximum Gasteiger partial charge on any atom is 0.340 e. The first-order chi connectivity index (χ1) is 13.0. The number of aromatic nitrogens is 2. The van der Waals surface area contributed by atoms with Crippen molar-refractivity contribution in [1.82, 2.24) is 9.55 Å². The second-order valence-corrected chi connectivity index (χ2v) is 7.66. The third kappa shape index (κ3) is 2.86. The van der Waals surface area contributed by atoms with E-state index in [0.29, 0.717) is 24.1 Å². The minimum absolute atomic E-state index is 0.144. The van der Waals surface area contributed by atoms with Gasteiger partial charge in [-0.1, -0.05) is 30.3 Å². The molecule has 5 nitrogen and oxygen atoms in total. The van der Waals surface area contributed by atoms with E-state index in [-0.39, 0.29) is 11.7 Å². The highest BCUT2D eigenvalue weighted by molar-refractivity contribution is 7.19.